The lowest BCUT2D eigenvalue weighted by molar-refractivity contribution is 0.292. The second-order valence-electron chi connectivity index (χ2n) is 6.69. The number of aromatic nitrogens is 2. The lowest BCUT2D eigenvalue weighted by Crippen LogP contribution is -2.15. The van der Waals surface area contributed by atoms with Gasteiger partial charge < -0.3 is 14.3 Å². The standard InChI is InChI=1S/C19H22N2OS/c1-19(2,3)14-8-4-7-11-17(14)22-13-12-21-16-10-6-5-9-15(16)20-18(21)23/h4-11H,12-13H2,1-3H3,(H,20,23). The van der Waals surface area contributed by atoms with Gasteiger partial charge in [0, 0.05) is 0 Å². The van der Waals surface area contributed by atoms with Crippen molar-refractivity contribution in [3.8, 4) is 5.75 Å². The highest BCUT2D eigenvalue weighted by Gasteiger charge is 2.18. The van der Waals surface area contributed by atoms with Crippen molar-refractivity contribution in [2.45, 2.75) is 32.7 Å². The van der Waals surface area contributed by atoms with Crippen LogP contribution in [0.3, 0.4) is 0 Å². The van der Waals surface area contributed by atoms with Crippen LogP contribution in [0.5, 0.6) is 5.75 Å². The summed E-state index contributed by atoms with van der Waals surface area (Å²) >= 11 is 5.42. The molecule has 0 radical (unpaired) electrons. The number of hydrogen-bond donors (Lipinski definition) is 1. The molecule has 120 valence electrons. The van der Waals surface area contributed by atoms with E-state index < -0.39 is 0 Å². The number of benzene rings is 2. The molecule has 0 saturated carbocycles. The SMILES string of the molecule is CC(C)(C)c1ccccc1OCCn1c(=S)[nH]c2ccccc21. The van der Waals surface area contributed by atoms with E-state index >= 15 is 0 Å². The zero-order chi connectivity index (χ0) is 16.4. The predicted molar refractivity (Wildman–Crippen MR) is 97.8 cm³/mol. The number of hydrogen-bond acceptors (Lipinski definition) is 2. The van der Waals surface area contributed by atoms with E-state index in [1.807, 2.05) is 30.3 Å². The molecule has 0 aliphatic heterocycles. The number of rotatable bonds is 4. The largest absolute Gasteiger partial charge is 0.491 e. The summed E-state index contributed by atoms with van der Waals surface area (Å²) in [6, 6.07) is 16.4. The average Bonchev–Trinajstić information content (AvgIpc) is 2.83. The molecule has 0 spiro atoms. The van der Waals surface area contributed by atoms with Crippen molar-refractivity contribution in [1.29, 1.82) is 0 Å². The van der Waals surface area contributed by atoms with E-state index in [1.165, 1.54) is 5.56 Å². The maximum Gasteiger partial charge on any atom is 0.178 e. The molecule has 0 fully saturated rings. The quantitative estimate of drug-likeness (QED) is 0.678. The average molecular weight is 326 g/mol. The number of nitrogens with zero attached hydrogens (tertiary/aromatic N) is 1. The van der Waals surface area contributed by atoms with Crippen molar-refractivity contribution in [2.75, 3.05) is 6.61 Å². The van der Waals surface area contributed by atoms with Crippen LogP contribution >= 0.6 is 12.2 Å². The van der Waals surface area contributed by atoms with Gasteiger partial charge in [-0.3, -0.25) is 0 Å². The molecule has 3 aromatic rings. The van der Waals surface area contributed by atoms with Gasteiger partial charge >= 0.3 is 0 Å². The molecule has 1 heterocycles. The van der Waals surface area contributed by atoms with E-state index in [4.69, 9.17) is 17.0 Å². The molecule has 1 aromatic heterocycles. The third kappa shape index (κ3) is 3.32. The molecule has 23 heavy (non-hydrogen) atoms. The van der Waals surface area contributed by atoms with Gasteiger partial charge in [0.05, 0.1) is 17.6 Å². The smallest absolute Gasteiger partial charge is 0.178 e. The highest BCUT2D eigenvalue weighted by molar-refractivity contribution is 7.71. The number of para-hydroxylation sites is 3. The summed E-state index contributed by atoms with van der Waals surface area (Å²) in [6.45, 7) is 7.91. The molecule has 3 rings (SSSR count). The van der Waals surface area contributed by atoms with Crippen LogP contribution in [0.2, 0.25) is 0 Å². The van der Waals surface area contributed by atoms with E-state index in [0.717, 1.165) is 28.1 Å². The number of ether oxygens (including phenoxy) is 1. The normalized spacial score (nSPS) is 11.8. The van der Waals surface area contributed by atoms with Crippen molar-refractivity contribution in [3.63, 3.8) is 0 Å². The van der Waals surface area contributed by atoms with Crippen LogP contribution in [-0.2, 0) is 12.0 Å². The molecule has 0 saturated heterocycles. The van der Waals surface area contributed by atoms with Crippen LogP contribution < -0.4 is 4.74 Å². The Hall–Kier alpha value is -2.07. The minimum atomic E-state index is 0.0632. The van der Waals surface area contributed by atoms with E-state index in [2.05, 4.69) is 48.5 Å². The number of nitrogens with one attached hydrogen (secondary N) is 1. The summed E-state index contributed by atoms with van der Waals surface area (Å²) in [7, 11) is 0. The Labute approximate surface area is 141 Å². The minimum absolute atomic E-state index is 0.0632. The summed E-state index contributed by atoms with van der Waals surface area (Å²) in [4.78, 5) is 3.23. The van der Waals surface area contributed by atoms with Gasteiger partial charge in [-0.15, -0.1) is 0 Å². The molecule has 0 aliphatic carbocycles. The fourth-order valence-electron chi connectivity index (χ4n) is 2.79. The van der Waals surface area contributed by atoms with Crippen molar-refractivity contribution < 1.29 is 4.74 Å². The Morgan fingerprint density at radius 3 is 2.52 bits per heavy atom. The third-order valence-electron chi connectivity index (χ3n) is 3.95. The Balaban J connectivity index is 1.78. The number of imidazole rings is 1. The summed E-state index contributed by atoms with van der Waals surface area (Å²) in [5, 5.41) is 0. The van der Waals surface area contributed by atoms with E-state index in [9.17, 15) is 0 Å². The lowest BCUT2D eigenvalue weighted by atomic mass is 9.86. The molecule has 4 heteroatoms. The number of fused-ring (bicyclic) bond motifs is 1. The highest BCUT2D eigenvalue weighted by Crippen LogP contribution is 2.30. The first-order chi connectivity index (χ1) is 11.0. The summed E-state index contributed by atoms with van der Waals surface area (Å²) in [6.07, 6.45) is 0. The van der Waals surface area contributed by atoms with Crippen LogP contribution in [-0.4, -0.2) is 16.2 Å². The fourth-order valence-corrected chi connectivity index (χ4v) is 3.09. The maximum absolute atomic E-state index is 6.06. The van der Waals surface area contributed by atoms with Crippen molar-refractivity contribution >= 4 is 23.3 Å². The fraction of sp³-hybridized carbons (Fsp3) is 0.316. The molecule has 0 unspecified atom stereocenters. The first kappa shape index (κ1) is 15.8. The molecule has 3 nitrogen and oxygen atoms in total. The van der Waals surface area contributed by atoms with E-state index in [1.54, 1.807) is 0 Å². The van der Waals surface area contributed by atoms with Crippen molar-refractivity contribution in [1.82, 2.24) is 9.55 Å². The van der Waals surface area contributed by atoms with Gasteiger partial charge in [-0.25, -0.2) is 0 Å². The van der Waals surface area contributed by atoms with Crippen LogP contribution in [0.4, 0.5) is 0 Å². The second kappa shape index (κ2) is 6.20. The predicted octanol–water partition coefficient (Wildman–Crippen LogP) is 5.08. The maximum atomic E-state index is 6.06. The van der Waals surface area contributed by atoms with Crippen molar-refractivity contribution in [2.24, 2.45) is 0 Å². The molecule has 0 amide bonds. The van der Waals surface area contributed by atoms with Gasteiger partial charge in [-0.2, -0.15) is 0 Å². The van der Waals surface area contributed by atoms with Gasteiger partial charge in [-0.1, -0.05) is 51.1 Å². The topological polar surface area (TPSA) is 29.9 Å². The van der Waals surface area contributed by atoms with Crippen LogP contribution in [0.25, 0.3) is 11.0 Å². The summed E-state index contributed by atoms with van der Waals surface area (Å²) < 4.78 is 8.88. The Bertz CT molecular complexity index is 871. The second-order valence-corrected chi connectivity index (χ2v) is 7.08. The molecule has 2 aromatic carbocycles. The Kier molecular flexibility index (Phi) is 4.26. The highest BCUT2D eigenvalue weighted by atomic mass is 32.1. The third-order valence-corrected chi connectivity index (χ3v) is 4.27. The van der Waals surface area contributed by atoms with Crippen LogP contribution in [0.1, 0.15) is 26.3 Å². The first-order valence-corrected chi connectivity index (χ1v) is 8.27. The van der Waals surface area contributed by atoms with E-state index in [-0.39, 0.29) is 5.41 Å². The van der Waals surface area contributed by atoms with Crippen LogP contribution in [0.15, 0.2) is 48.5 Å². The van der Waals surface area contributed by atoms with Gasteiger partial charge in [0.1, 0.15) is 12.4 Å². The Morgan fingerprint density at radius 1 is 1.04 bits per heavy atom. The van der Waals surface area contributed by atoms with Gasteiger partial charge in [0.15, 0.2) is 4.77 Å². The summed E-state index contributed by atoms with van der Waals surface area (Å²) in [5.41, 5.74) is 3.47. The molecular formula is C19H22N2OS. The van der Waals surface area contributed by atoms with Gasteiger partial charge in [-0.05, 0) is 41.4 Å². The zero-order valence-electron chi connectivity index (χ0n) is 13.8. The molecule has 1 N–H and O–H groups in total. The van der Waals surface area contributed by atoms with Gasteiger partial charge in [0.2, 0.25) is 0 Å². The Morgan fingerprint density at radius 2 is 1.74 bits per heavy atom. The molecule has 0 bridgehead atoms. The molecular weight excluding hydrogens is 304 g/mol. The monoisotopic (exact) mass is 326 g/mol. The zero-order valence-corrected chi connectivity index (χ0v) is 14.6. The van der Waals surface area contributed by atoms with Crippen LogP contribution in [0, 0.1) is 4.77 Å². The first-order valence-electron chi connectivity index (χ1n) is 7.87. The number of H-pyrrole nitrogens is 1. The van der Waals surface area contributed by atoms with Crippen molar-refractivity contribution in [3.05, 3.63) is 58.9 Å². The minimum Gasteiger partial charge on any atom is -0.491 e. The number of aromatic amines is 1. The van der Waals surface area contributed by atoms with Gasteiger partial charge in [0.25, 0.3) is 0 Å². The molecule has 0 aliphatic rings. The van der Waals surface area contributed by atoms with E-state index in [0.29, 0.717) is 6.61 Å². The molecule has 0 atom stereocenters. The lowest BCUT2D eigenvalue weighted by Gasteiger charge is -2.22. The summed E-state index contributed by atoms with van der Waals surface area (Å²) in [5.74, 6) is 0.950.